The van der Waals surface area contributed by atoms with Crippen LogP contribution < -0.4 is 4.74 Å². The Bertz CT molecular complexity index is 813. The Morgan fingerprint density at radius 1 is 1.05 bits per heavy atom. The van der Waals surface area contributed by atoms with E-state index in [4.69, 9.17) is 16.3 Å². The average Bonchev–Trinajstić information content (AvgIpc) is 2.51. The lowest BCUT2D eigenvalue weighted by molar-refractivity contribution is 0.415. The topological polar surface area (TPSA) is 35.0 Å². The molecule has 106 valence electrons. The zero-order chi connectivity index (χ0) is 15.0. The number of aromatic nitrogens is 2. The van der Waals surface area contributed by atoms with Gasteiger partial charge in [-0.15, -0.1) is 0 Å². The molecule has 2 aromatic carbocycles. The van der Waals surface area contributed by atoms with Crippen LogP contribution in [0.4, 0.5) is 4.39 Å². The predicted octanol–water partition coefficient (Wildman–Crippen LogP) is 4.41. The number of halogens is 2. The minimum absolute atomic E-state index is 0.160. The summed E-state index contributed by atoms with van der Waals surface area (Å²) in [6, 6.07) is 11.6. The third-order valence-electron chi connectivity index (χ3n) is 3.28. The zero-order valence-corrected chi connectivity index (χ0v) is 12.3. The van der Waals surface area contributed by atoms with Crippen molar-refractivity contribution >= 4 is 22.4 Å². The fraction of sp³-hybridized carbons (Fsp3) is 0.125. The third-order valence-corrected chi connectivity index (χ3v) is 3.53. The van der Waals surface area contributed by atoms with Crippen LogP contribution in [-0.2, 0) is 0 Å². The molecule has 0 unspecified atom stereocenters. The van der Waals surface area contributed by atoms with E-state index in [-0.39, 0.29) is 10.8 Å². The molecule has 0 aliphatic carbocycles. The highest BCUT2D eigenvalue weighted by molar-refractivity contribution is 6.29. The molecule has 0 aliphatic rings. The van der Waals surface area contributed by atoms with E-state index >= 15 is 0 Å². The highest BCUT2D eigenvalue weighted by atomic mass is 35.5. The van der Waals surface area contributed by atoms with Gasteiger partial charge in [0.15, 0.2) is 16.8 Å². The molecule has 0 atom stereocenters. The van der Waals surface area contributed by atoms with Gasteiger partial charge in [-0.2, -0.15) is 0 Å². The Hall–Kier alpha value is -2.20. The minimum atomic E-state index is -0.578. The summed E-state index contributed by atoms with van der Waals surface area (Å²) < 4.78 is 18.7. The van der Waals surface area contributed by atoms with E-state index in [2.05, 4.69) is 9.97 Å². The molecule has 3 rings (SSSR count). The second kappa shape index (κ2) is 5.30. The lowest BCUT2D eigenvalue weighted by Crippen LogP contribution is -1.97. The largest absolute Gasteiger partial charge is 0.497 e. The monoisotopic (exact) mass is 302 g/mol. The summed E-state index contributed by atoms with van der Waals surface area (Å²) in [5.74, 6) is 0.634. The van der Waals surface area contributed by atoms with Crippen molar-refractivity contribution in [1.82, 2.24) is 9.97 Å². The molecule has 0 fully saturated rings. The smallest absolute Gasteiger partial charge is 0.181 e. The van der Waals surface area contributed by atoms with Crippen molar-refractivity contribution < 1.29 is 9.13 Å². The van der Waals surface area contributed by atoms with E-state index in [0.29, 0.717) is 5.82 Å². The van der Waals surface area contributed by atoms with Crippen LogP contribution in [0.15, 0.2) is 36.4 Å². The molecule has 0 amide bonds. The van der Waals surface area contributed by atoms with E-state index in [1.165, 1.54) is 0 Å². The normalized spacial score (nSPS) is 10.9. The minimum Gasteiger partial charge on any atom is -0.497 e. The summed E-state index contributed by atoms with van der Waals surface area (Å²) in [4.78, 5) is 8.15. The van der Waals surface area contributed by atoms with E-state index in [0.717, 1.165) is 22.1 Å². The molecule has 3 aromatic rings. The highest BCUT2D eigenvalue weighted by Gasteiger charge is 2.11. The Morgan fingerprint density at radius 3 is 2.48 bits per heavy atom. The van der Waals surface area contributed by atoms with Crippen LogP contribution in [0.3, 0.4) is 0 Å². The zero-order valence-electron chi connectivity index (χ0n) is 11.5. The van der Waals surface area contributed by atoms with E-state index in [1.807, 2.05) is 36.4 Å². The highest BCUT2D eigenvalue weighted by Crippen LogP contribution is 2.27. The van der Waals surface area contributed by atoms with Gasteiger partial charge in [0, 0.05) is 5.56 Å². The number of aryl methyl sites for hydroxylation is 1. The van der Waals surface area contributed by atoms with Crippen molar-refractivity contribution in [2.75, 3.05) is 7.11 Å². The second-order valence-electron chi connectivity index (χ2n) is 4.67. The van der Waals surface area contributed by atoms with Crippen molar-refractivity contribution in [2.45, 2.75) is 6.92 Å². The van der Waals surface area contributed by atoms with Crippen LogP contribution >= 0.6 is 11.6 Å². The van der Waals surface area contributed by atoms with Crippen molar-refractivity contribution in [3.8, 4) is 17.1 Å². The number of rotatable bonds is 2. The molecule has 0 saturated heterocycles. The summed E-state index contributed by atoms with van der Waals surface area (Å²) >= 11 is 5.78. The lowest BCUT2D eigenvalue weighted by Gasteiger charge is -2.06. The first-order chi connectivity index (χ1) is 10.1. The lowest BCUT2D eigenvalue weighted by atomic mass is 10.1. The first kappa shape index (κ1) is 13.8. The molecule has 1 aromatic heterocycles. The van der Waals surface area contributed by atoms with Gasteiger partial charge >= 0.3 is 0 Å². The predicted molar refractivity (Wildman–Crippen MR) is 81.2 cm³/mol. The molecule has 0 spiro atoms. The second-order valence-corrected chi connectivity index (χ2v) is 5.02. The summed E-state index contributed by atoms with van der Waals surface area (Å²) in [6.07, 6.45) is 0. The molecule has 21 heavy (non-hydrogen) atoms. The van der Waals surface area contributed by atoms with Gasteiger partial charge in [-0.05, 0) is 35.9 Å². The fourth-order valence-corrected chi connectivity index (χ4v) is 2.36. The number of fused-ring (bicyclic) bond motifs is 1. The summed E-state index contributed by atoms with van der Waals surface area (Å²) in [5, 5.41) is 1.91. The molecule has 0 N–H and O–H groups in total. The van der Waals surface area contributed by atoms with Gasteiger partial charge in [0.25, 0.3) is 0 Å². The van der Waals surface area contributed by atoms with Crippen LogP contribution in [0, 0.1) is 12.7 Å². The average molecular weight is 303 g/mol. The van der Waals surface area contributed by atoms with Gasteiger partial charge in [0.05, 0.1) is 12.8 Å². The standard InChI is InChI=1S/C16H12ClFN2O/c1-9-14(18)15(17)20-16(19-9)12-4-3-11-8-13(21-2)6-5-10(11)7-12/h3-8H,1-2H3. The number of ether oxygens (including phenoxy) is 1. The van der Waals surface area contributed by atoms with Crippen LogP contribution in [0.5, 0.6) is 5.75 Å². The van der Waals surface area contributed by atoms with Gasteiger partial charge in [-0.1, -0.05) is 29.8 Å². The molecule has 3 nitrogen and oxygen atoms in total. The van der Waals surface area contributed by atoms with Crippen molar-refractivity contribution in [2.24, 2.45) is 0 Å². The van der Waals surface area contributed by atoms with E-state index in [1.54, 1.807) is 14.0 Å². The number of benzene rings is 2. The van der Waals surface area contributed by atoms with Gasteiger partial charge in [-0.25, -0.2) is 14.4 Å². The van der Waals surface area contributed by atoms with Crippen molar-refractivity contribution in [3.05, 3.63) is 53.1 Å². The van der Waals surface area contributed by atoms with Crippen LogP contribution in [0.25, 0.3) is 22.2 Å². The van der Waals surface area contributed by atoms with Crippen molar-refractivity contribution in [3.63, 3.8) is 0 Å². The maximum atomic E-state index is 13.5. The quantitative estimate of drug-likeness (QED) is 0.658. The van der Waals surface area contributed by atoms with Crippen LogP contribution in [0.2, 0.25) is 5.15 Å². The molecular weight excluding hydrogens is 291 g/mol. The molecule has 0 saturated carbocycles. The number of nitrogens with zero attached hydrogens (tertiary/aromatic N) is 2. The maximum Gasteiger partial charge on any atom is 0.181 e. The summed E-state index contributed by atoms with van der Waals surface area (Å²) in [6.45, 7) is 1.57. The molecular formula is C16H12ClFN2O. The van der Waals surface area contributed by atoms with Gasteiger partial charge in [0.1, 0.15) is 5.75 Å². The first-order valence-corrected chi connectivity index (χ1v) is 6.74. The van der Waals surface area contributed by atoms with Crippen molar-refractivity contribution in [1.29, 1.82) is 0 Å². The SMILES string of the molecule is COc1ccc2cc(-c3nc(C)c(F)c(Cl)n3)ccc2c1. The van der Waals surface area contributed by atoms with Gasteiger partial charge in [0.2, 0.25) is 0 Å². The van der Waals surface area contributed by atoms with Gasteiger partial charge in [-0.3, -0.25) is 0 Å². The Kier molecular flexibility index (Phi) is 3.47. The summed E-state index contributed by atoms with van der Waals surface area (Å²) in [7, 11) is 1.63. The fourth-order valence-electron chi connectivity index (χ4n) is 2.14. The number of hydrogen-bond donors (Lipinski definition) is 0. The summed E-state index contributed by atoms with van der Waals surface area (Å²) in [5.41, 5.74) is 1.03. The Morgan fingerprint density at radius 2 is 1.76 bits per heavy atom. The third kappa shape index (κ3) is 2.54. The number of hydrogen-bond acceptors (Lipinski definition) is 3. The Balaban J connectivity index is 2.13. The molecule has 5 heteroatoms. The van der Waals surface area contributed by atoms with Crippen LogP contribution in [-0.4, -0.2) is 17.1 Å². The molecule has 0 radical (unpaired) electrons. The maximum absolute atomic E-state index is 13.5. The molecule has 0 bridgehead atoms. The number of methoxy groups -OCH3 is 1. The Labute approximate surface area is 126 Å². The first-order valence-electron chi connectivity index (χ1n) is 6.36. The van der Waals surface area contributed by atoms with Gasteiger partial charge < -0.3 is 4.74 Å². The van der Waals surface area contributed by atoms with E-state index < -0.39 is 5.82 Å². The molecule has 0 aliphatic heterocycles. The molecule has 1 heterocycles. The van der Waals surface area contributed by atoms with Crippen LogP contribution in [0.1, 0.15) is 5.69 Å². The van der Waals surface area contributed by atoms with E-state index in [9.17, 15) is 4.39 Å².